The molecule has 1 aromatic carbocycles. The van der Waals surface area contributed by atoms with Gasteiger partial charge in [0.15, 0.2) is 0 Å². The molecular formula is C21H26N2O2. The predicted molar refractivity (Wildman–Crippen MR) is 97.1 cm³/mol. The van der Waals surface area contributed by atoms with Gasteiger partial charge in [-0.3, -0.25) is 9.88 Å². The molecule has 0 radical (unpaired) electrons. The van der Waals surface area contributed by atoms with Crippen molar-refractivity contribution in [1.82, 2.24) is 9.88 Å². The fourth-order valence-corrected chi connectivity index (χ4v) is 3.91. The third-order valence-corrected chi connectivity index (χ3v) is 5.43. The molecule has 1 aromatic heterocycles. The van der Waals surface area contributed by atoms with Gasteiger partial charge in [-0.2, -0.15) is 0 Å². The van der Waals surface area contributed by atoms with Crippen molar-refractivity contribution in [3.05, 3.63) is 66.0 Å². The van der Waals surface area contributed by atoms with Gasteiger partial charge in [0.1, 0.15) is 0 Å². The summed E-state index contributed by atoms with van der Waals surface area (Å²) in [6, 6.07) is 14.6. The Balaban J connectivity index is 1.24. The summed E-state index contributed by atoms with van der Waals surface area (Å²) in [6.45, 7) is 4.60. The molecule has 2 aromatic rings. The van der Waals surface area contributed by atoms with Gasteiger partial charge in [0, 0.05) is 38.4 Å². The molecule has 2 saturated heterocycles. The second-order valence-electron chi connectivity index (χ2n) is 7.25. The maximum atomic E-state index is 6.22. The lowest BCUT2D eigenvalue weighted by Crippen LogP contribution is -2.43. The van der Waals surface area contributed by atoms with E-state index in [0.717, 1.165) is 45.5 Å². The number of likely N-dealkylation sites (tertiary alicyclic amines) is 1. The minimum absolute atomic E-state index is 0.0378. The highest BCUT2D eigenvalue weighted by Gasteiger charge is 2.43. The summed E-state index contributed by atoms with van der Waals surface area (Å²) in [4.78, 5) is 6.61. The molecule has 25 heavy (non-hydrogen) atoms. The van der Waals surface area contributed by atoms with E-state index < -0.39 is 0 Å². The summed E-state index contributed by atoms with van der Waals surface area (Å²) in [6.07, 6.45) is 7.20. The Labute approximate surface area is 149 Å². The van der Waals surface area contributed by atoms with Crippen LogP contribution in [0.15, 0.2) is 54.9 Å². The van der Waals surface area contributed by atoms with E-state index in [1.165, 1.54) is 11.1 Å². The van der Waals surface area contributed by atoms with Gasteiger partial charge in [-0.15, -0.1) is 0 Å². The second-order valence-corrected chi connectivity index (χ2v) is 7.25. The van der Waals surface area contributed by atoms with Crippen molar-refractivity contribution in [2.24, 2.45) is 0 Å². The van der Waals surface area contributed by atoms with Crippen molar-refractivity contribution >= 4 is 0 Å². The monoisotopic (exact) mass is 338 g/mol. The Kier molecular flexibility index (Phi) is 5.11. The van der Waals surface area contributed by atoms with Crippen LogP contribution in [-0.2, 0) is 22.6 Å². The topological polar surface area (TPSA) is 34.6 Å². The van der Waals surface area contributed by atoms with Crippen LogP contribution in [0.5, 0.6) is 0 Å². The van der Waals surface area contributed by atoms with E-state index in [9.17, 15) is 0 Å². The standard InChI is InChI=1S/C21H26N2O2/c1-2-4-19(5-3-1)16-24-20-14-21(25-17-20)8-12-23(13-9-21)15-18-6-10-22-11-7-18/h1-7,10-11,20H,8-9,12-17H2/t20-/m0/s1. The summed E-state index contributed by atoms with van der Waals surface area (Å²) < 4.78 is 12.3. The Hall–Kier alpha value is -1.75. The average molecular weight is 338 g/mol. The summed E-state index contributed by atoms with van der Waals surface area (Å²) in [5, 5.41) is 0. The molecule has 0 unspecified atom stereocenters. The number of aromatic nitrogens is 1. The van der Waals surface area contributed by atoms with Crippen LogP contribution in [0.1, 0.15) is 30.4 Å². The Morgan fingerprint density at radius 1 is 1.04 bits per heavy atom. The largest absolute Gasteiger partial charge is 0.372 e. The van der Waals surface area contributed by atoms with E-state index in [1.54, 1.807) is 0 Å². The first-order chi connectivity index (χ1) is 12.3. The molecular weight excluding hydrogens is 312 g/mol. The van der Waals surface area contributed by atoms with Crippen LogP contribution in [0.3, 0.4) is 0 Å². The first-order valence-electron chi connectivity index (χ1n) is 9.22. The zero-order valence-electron chi connectivity index (χ0n) is 14.6. The first-order valence-corrected chi connectivity index (χ1v) is 9.22. The molecule has 4 rings (SSSR count). The average Bonchev–Trinajstić information content (AvgIpc) is 3.07. The van der Waals surface area contributed by atoms with E-state index >= 15 is 0 Å². The van der Waals surface area contributed by atoms with Gasteiger partial charge < -0.3 is 9.47 Å². The number of ether oxygens (including phenoxy) is 2. The van der Waals surface area contributed by atoms with Gasteiger partial charge in [-0.1, -0.05) is 30.3 Å². The van der Waals surface area contributed by atoms with Crippen LogP contribution in [0.4, 0.5) is 0 Å². The fraction of sp³-hybridized carbons (Fsp3) is 0.476. The molecule has 0 bridgehead atoms. The van der Waals surface area contributed by atoms with Gasteiger partial charge in [0.2, 0.25) is 0 Å². The molecule has 1 spiro atoms. The summed E-state index contributed by atoms with van der Waals surface area (Å²) in [5.74, 6) is 0. The Bertz CT molecular complexity index is 654. The minimum Gasteiger partial charge on any atom is -0.372 e. The van der Waals surface area contributed by atoms with E-state index in [-0.39, 0.29) is 11.7 Å². The van der Waals surface area contributed by atoms with E-state index in [4.69, 9.17) is 9.47 Å². The van der Waals surface area contributed by atoms with Crippen molar-refractivity contribution in [2.45, 2.75) is 44.1 Å². The third kappa shape index (κ3) is 4.27. The number of benzene rings is 1. The molecule has 0 saturated carbocycles. The van der Waals surface area contributed by atoms with Crippen LogP contribution in [0.25, 0.3) is 0 Å². The molecule has 2 fully saturated rings. The quantitative estimate of drug-likeness (QED) is 0.837. The van der Waals surface area contributed by atoms with Crippen molar-refractivity contribution in [3.63, 3.8) is 0 Å². The smallest absolute Gasteiger partial charge is 0.0840 e. The molecule has 0 aliphatic carbocycles. The van der Waals surface area contributed by atoms with E-state index in [1.807, 2.05) is 18.5 Å². The summed E-state index contributed by atoms with van der Waals surface area (Å²) >= 11 is 0. The normalized spacial score (nSPS) is 23.1. The molecule has 2 aliphatic heterocycles. The number of nitrogens with zero attached hydrogens (tertiary/aromatic N) is 2. The Morgan fingerprint density at radius 3 is 2.56 bits per heavy atom. The second kappa shape index (κ2) is 7.65. The SMILES string of the molecule is c1ccc(CO[C@@H]2COC3(CCN(Cc4ccncc4)CC3)C2)cc1. The molecule has 132 valence electrons. The van der Waals surface area contributed by atoms with Gasteiger partial charge in [-0.05, 0) is 36.1 Å². The van der Waals surface area contributed by atoms with Crippen LogP contribution in [0, 0.1) is 0 Å². The Morgan fingerprint density at radius 2 is 1.80 bits per heavy atom. The lowest BCUT2D eigenvalue weighted by Gasteiger charge is -2.38. The highest BCUT2D eigenvalue weighted by molar-refractivity contribution is 5.13. The number of rotatable bonds is 5. The predicted octanol–water partition coefficient (Wildman–Crippen LogP) is 3.42. The number of hydrogen-bond donors (Lipinski definition) is 0. The van der Waals surface area contributed by atoms with Gasteiger partial charge in [-0.25, -0.2) is 0 Å². The van der Waals surface area contributed by atoms with E-state index in [2.05, 4.69) is 46.3 Å². The molecule has 0 amide bonds. The zero-order valence-corrected chi connectivity index (χ0v) is 14.6. The van der Waals surface area contributed by atoms with Crippen LogP contribution in [0.2, 0.25) is 0 Å². The van der Waals surface area contributed by atoms with Crippen molar-refractivity contribution in [3.8, 4) is 0 Å². The zero-order chi connectivity index (χ0) is 17.0. The molecule has 0 N–H and O–H groups in total. The minimum atomic E-state index is 0.0378. The van der Waals surface area contributed by atoms with Crippen LogP contribution < -0.4 is 0 Å². The molecule has 2 aliphatic rings. The molecule has 1 atom stereocenters. The fourth-order valence-electron chi connectivity index (χ4n) is 3.91. The van der Waals surface area contributed by atoms with Gasteiger partial charge in [0.25, 0.3) is 0 Å². The number of hydrogen-bond acceptors (Lipinski definition) is 4. The first kappa shape index (κ1) is 16.7. The van der Waals surface area contributed by atoms with Crippen LogP contribution in [-0.4, -0.2) is 41.3 Å². The van der Waals surface area contributed by atoms with Crippen molar-refractivity contribution < 1.29 is 9.47 Å². The number of piperidine rings is 1. The number of pyridine rings is 1. The molecule has 4 heteroatoms. The highest BCUT2D eigenvalue weighted by Crippen LogP contribution is 2.37. The molecule has 4 nitrogen and oxygen atoms in total. The van der Waals surface area contributed by atoms with Gasteiger partial charge >= 0.3 is 0 Å². The maximum absolute atomic E-state index is 6.22. The third-order valence-electron chi connectivity index (χ3n) is 5.43. The maximum Gasteiger partial charge on any atom is 0.0840 e. The van der Waals surface area contributed by atoms with Crippen LogP contribution >= 0.6 is 0 Å². The lowest BCUT2D eigenvalue weighted by molar-refractivity contribution is -0.0468. The van der Waals surface area contributed by atoms with Crippen molar-refractivity contribution in [2.75, 3.05) is 19.7 Å². The summed E-state index contributed by atoms with van der Waals surface area (Å²) in [7, 11) is 0. The lowest BCUT2D eigenvalue weighted by atomic mass is 9.88. The van der Waals surface area contributed by atoms with E-state index in [0.29, 0.717) is 6.61 Å². The summed E-state index contributed by atoms with van der Waals surface area (Å²) in [5.41, 5.74) is 2.61. The highest BCUT2D eigenvalue weighted by atomic mass is 16.6. The van der Waals surface area contributed by atoms with Crippen molar-refractivity contribution in [1.29, 1.82) is 0 Å². The molecule has 3 heterocycles. The van der Waals surface area contributed by atoms with Gasteiger partial charge in [0.05, 0.1) is 24.9 Å².